The molecule has 1 aromatic heterocycles. The third-order valence-corrected chi connectivity index (χ3v) is 3.76. The van der Waals surface area contributed by atoms with Gasteiger partial charge in [0.15, 0.2) is 5.82 Å². The number of non-ortho nitro benzene ring substituents is 1. The second-order valence-corrected chi connectivity index (χ2v) is 5.59. The number of carbonyl (C=O) groups excluding carboxylic acids is 1. The summed E-state index contributed by atoms with van der Waals surface area (Å²) >= 11 is 0. The fraction of sp³-hybridized carbons (Fsp3) is 0.400. The van der Waals surface area contributed by atoms with E-state index in [9.17, 15) is 14.9 Å². The topological polar surface area (TPSA) is 103 Å². The van der Waals surface area contributed by atoms with Gasteiger partial charge in [-0.2, -0.15) is 5.10 Å². The molecule has 1 aliphatic heterocycles. The van der Waals surface area contributed by atoms with Gasteiger partial charge < -0.3 is 9.64 Å². The summed E-state index contributed by atoms with van der Waals surface area (Å²) in [6, 6.07) is 5.97. The van der Waals surface area contributed by atoms with Crippen LogP contribution in [0.25, 0.3) is 11.4 Å². The molecule has 0 unspecified atom stereocenters. The van der Waals surface area contributed by atoms with Crippen molar-refractivity contribution in [1.82, 2.24) is 19.7 Å². The zero-order valence-corrected chi connectivity index (χ0v) is 13.2. The predicted octanol–water partition coefficient (Wildman–Crippen LogP) is 1.10. The van der Waals surface area contributed by atoms with Gasteiger partial charge in [-0.3, -0.25) is 14.9 Å². The number of amides is 1. The number of morpholine rings is 1. The summed E-state index contributed by atoms with van der Waals surface area (Å²) < 4.78 is 6.89. The highest BCUT2D eigenvalue weighted by atomic mass is 16.6. The highest BCUT2D eigenvalue weighted by molar-refractivity contribution is 5.76. The van der Waals surface area contributed by atoms with Gasteiger partial charge in [0.25, 0.3) is 5.69 Å². The summed E-state index contributed by atoms with van der Waals surface area (Å²) in [6.07, 6.45) is 1.52. The van der Waals surface area contributed by atoms with Gasteiger partial charge in [0, 0.05) is 30.8 Å². The van der Waals surface area contributed by atoms with Crippen LogP contribution in [-0.2, 0) is 16.1 Å². The number of aromatic nitrogens is 3. The molecule has 0 spiro atoms. The number of benzene rings is 1. The minimum Gasteiger partial charge on any atom is -0.375 e. The van der Waals surface area contributed by atoms with Crippen molar-refractivity contribution in [3.8, 4) is 11.4 Å². The van der Waals surface area contributed by atoms with E-state index < -0.39 is 4.92 Å². The van der Waals surface area contributed by atoms with Gasteiger partial charge in [0.05, 0.1) is 17.6 Å². The summed E-state index contributed by atoms with van der Waals surface area (Å²) in [5.74, 6) is 0.387. The first-order chi connectivity index (χ1) is 11.5. The van der Waals surface area contributed by atoms with Crippen LogP contribution in [0.5, 0.6) is 0 Å². The van der Waals surface area contributed by atoms with Crippen LogP contribution < -0.4 is 0 Å². The molecule has 1 aromatic carbocycles. The van der Waals surface area contributed by atoms with Crippen LogP contribution in [0.2, 0.25) is 0 Å². The van der Waals surface area contributed by atoms with Crippen molar-refractivity contribution in [2.45, 2.75) is 19.6 Å². The summed E-state index contributed by atoms with van der Waals surface area (Å²) in [7, 11) is 0. The van der Waals surface area contributed by atoms with E-state index in [1.807, 2.05) is 6.92 Å². The van der Waals surface area contributed by atoms with E-state index in [0.717, 1.165) is 0 Å². The molecule has 1 fully saturated rings. The molecular weight excluding hydrogens is 314 g/mol. The Kier molecular flexibility index (Phi) is 4.52. The molecule has 1 aliphatic rings. The first-order valence-corrected chi connectivity index (χ1v) is 7.56. The maximum absolute atomic E-state index is 12.3. The van der Waals surface area contributed by atoms with Crippen LogP contribution >= 0.6 is 0 Å². The Bertz CT molecular complexity index is 743. The van der Waals surface area contributed by atoms with Crippen molar-refractivity contribution < 1.29 is 14.5 Å². The molecule has 0 radical (unpaired) electrons. The average molecular weight is 331 g/mol. The molecule has 0 aliphatic carbocycles. The molecule has 0 saturated carbocycles. The van der Waals surface area contributed by atoms with Gasteiger partial charge in [-0.1, -0.05) is 0 Å². The normalized spacial score (nSPS) is 17.7. The molecule has 1 amide bonds. The van der Waals surface area contributed by atoms with E-state index in [1.165, 1.54) is 23.1 Å². The number of nitrogens with zero attached hydrogens (tertiary/aromatic N) is 5. The number of ether oxygens (including phenoxy) is 1. The van der Waals surface area contributed by atoms with Crippen LogP contribution in [0.3, 0.4) is 0 Å². The third kappa shape index (κ3) is 3.57. The molecule has 2 aromatic rings. The van der Waals surface area contributed by atoms with Gasteiger partial charge in [-0.25, -0.2) is 9.67 Å². The number of hydrogen-bond donors (Lipinski definition) is 0. The van der Waals surface area contributed by atoms with E-state index in [-0.39, 0.29) is 24.2 Å². The van der Waals surface area contributed by atoms with E-state index in [0.29, 0.717) is 31.1 Å². The first-order valence-electron chi connectivity index (χ1n) is 7.56. The molecule has 1 saturated heterocycles. The Morgan fingerprint density at radius 3 is 2.83 bits per heavy atom. The fourth-order valence-electron chi connectivity index (χ4n) is 2.52. The van der Waals surface area contributed by atoms with E-state index in [4.69, 9.17) is 4.74 Å². The predicted molar refractivity (Wildman–Crippen MR) is 84.1 cm³/mol. The maximum atomic E-state index is 12.3. The van der Waals surface area contributed by atoms with Crippen molar-refractivity contribution >= 4 is 11.6 Å². The Balaban J connectivity index is 1.66. The lowest BCUT2D eigenvalue weighted by atomic mass is 10.2. The lowest BCUT2D eigenvalue weighted by Crippen LogP contribution is -2.45. The maximum Gasteiger partial charge on any atom is 0.269 e. The largest absolute Gasteiger partial charge is 0.375 e. The molecule has 0 N–H and O–H groups in total. The van der Waals surface area contributed by atoms with Gasteiger partial charge >= 0.3 is 0 Å². The monoisotopic (exact) mass is 331 g/mol. The Hall–Kier alpha value is -2.81. The molecule has 9 nitrogen and oxygen atoms in total. The zero-order chi connectivity index (χ0) is 17.1. The lowest BCUT2D eigenvalue weighted by Gasteiger charge is -2.31. The molecule has 3 rings (SSSR count). The van der Waals surface area contributed by atoms with Crippen molar-refractivity contribution in [1.29, 1.82) is 0 Å². The second kappa shape index (κ2) is 6.75. The highest BCUT2D eigenvalue weighted by Crippen LogP contribution is 2.19. The average Bonchev–Trinajstić information content (AvgIpc) is 3.03. The molecule has 2 heterocycles. The number of hydrogen-bond acceptors (Lipinski definition) is 6. The fourth-order valence-corrected chi connectivity index (χ4v) is 2.52. The van der Waals surface area contributed by atoms with Gasteiger partial charge in [0.2, 0.25) is 5.91 Å². The van der Waals surface area contributed by atoms with Gasteiger partial charge in [0.1, 0.15) is 12.9 Å². The molecule has 24 heavy (non-hydrogen) atoms. The van der Waals surface area contributed by atoms with Gasteiger partial charge in [-0.05, 0) is 19.1 Å². The summed E-state index contributed by atoms with van der Waals surface area (Å²) in [4.78, 5) is 28.4. The number of carbonyl (C=O) groups is 1. The zero-order valence-electron chi connectivity index (χ0n) is 13.2. The number of rotatable bonds is 4. The van der Waals surface area contributed by atoms with Crippen LogP contribution in [0.1, 0.15) is 6.92 Å². The lowest BCUT2D eigenvalue weighted by molar-refractivity contribution is -0.384. The number of nitro groups is 1. The molecule has 126 valence electrons. The first kappa shape index (κ1) is 16.1. The van der Waals surface area contributed by atoms with Crippen LogP contribution in [-0.4, -0.2) is 56.3 Å². The summed E-state index contributed by atoms with van der Waals surface area (Å²) in [6.45, 7) is 3.72. The van der Waals surface area contributed by atoms with E-state index in [1.54, 1.807) is 17.0 Å². The second-order valence-electron chi connectivity index (χ2n) is 5.59. The van der Waals surface area contributed by atoms with Crippen LogP contribution in [0.15, 0.2) is 30.6 Å². The highest BCUT2D eigenvalue weighted by Gasteiger charge is 2.21. The molecule has 0 bridgehead atoms. The van der Waals surface area contributed by atoms with Gasteiger partial charge in [-0.15, -0.1) is 0 Å². The SMILES string of the molecule is C[C@H]1CN(C(=O)Cn2cnc(-c3ccc([N+](=O)[O-])cc3)n2)CCO1. The van der Waals surface area contributed by atoms with Crippen molar-refractivity contribution in [3.05, 3.63) is 40.7 Å². The van der Waals surface area contributed by atoms with E-state index >= 15 is 0 Å². The standard InChI is InChI=1S/C15H17N5O4/c1-11-8-18(6-7-24-11)14(21)9-19-10-16-15(17-19)12-2-4-13(5-3-12)20(22)23/h2-5,10-11H,6-9H2,1H3/t11-/m0/s1. The minimum atomic E-state index is -0.461. The minimum absolute atomic E-state index is 0.00907. The summed E-state index contributed by atoms with van der Waals surface area (Å²) in [5, 5.41) is 14.9. The van der Waals surface area contributed by atoms with Crippen LogP contribution in [0.4, 0.5) is 5.69 Å². The van der Waals surface area contributed by atoms with E-state index in [2.05, 4.69) is 10.1 Å². The molecule has 9 heteroatoms. The van der Waals surface area contributed by atoms with Crippen molar-refractivity contribution in [2.75, 3.05) is 19.7 Å². The quantitative estimate of drug-likeness (QED) is 0.614. The Morgan fingerprint density at radius 2 is 2.17 bits per heavy atom. The van der Waals surface area contributed by atoms with Crippen molar-refractivity contribution in [2.24, 2.45) is 0 Å². The molecular formula is C15H17N5O4. The number of nitro benzene ring substituents is 1. The third-order valence-electron chi connectivity index (χ3n) is 3.76. The van der Waals surface area contributed by atoms with Crippen molar-refractivity contribution in [3.63, 3.8) is 0 Å². The van der Waals surface area contributed by atoms with Crippen LogP contribution in [0, 0.1) is 10.1 Å². The molecule has 1 atom stereocenters. The Morgan fingerprint density at radius 1 is 1.42 bits per heavy atom. The smallest absolute Gasteiger partial charge is 0.269 e. The Labute approximate surface area is 138 Å². The summed E-state index contributed by atoms with van der Waals surface area (Å²) in [5.41, 5.74) is 0.668.